The maximum Gasteiger partial charge on any atom is 0.225 e. The summed E-state index contributed by atoms with van der Waals surface area (Å²) in [5, 5.41) is 42.4. The topological polar surface area (TPSA) is 130 Å². The fraction of sp³-hybridized carbons (Fsp3) is 0.0645. The summed E-state index contributed by atoms with van der Waals surface area (Å²) in [6.45, 7) is 0. The van der Waals surface area contributed by atoms with E-state index in [0.29, 0.717) is 22.9 Å². The van der Waals surface area contributed by atoms with E-state index in [9.17, 15) is 25.2 Å². The van der Waals surface area contributed by atoms with Gasteiger partial charge in [0.15, 0.2) is 23.0 Å². The lowest BCUT2D eigenvalue weighted by Crippen LogP contribution is -2.07. The number of fused-ring (bicyclic) bond motifs is 2. The van der Waals surface area contributed by atoms with Gasteiger partial charge >= 0.3 is 0 Å². The van der Waals surface area contributed by atoms with Gasteiger partial charge in [-0.1, -0.05) is 12.1 Å². The molecule has 4 aromatic carbocycles. The van der Waals surface area contributed by atoms with Crippen molar-refractivity contribution in [1.82, 2.24) is 9.97 Å². The number of nitrogens with one attached hydrogen (secondary N) is 2. The van der Waals surface area contributed by atoms with Crippen LogP contribution in [0.1, 0.15) is 27.3 Å². The van der Waals surface area contributed by atoms with Crippen LogP contribution < -0.4 is 0 Å². The fourth-order valence-corrected chi connectivity index (χ4v) is 6.47. The van der Waals surface area contributed by atoms with E-state index >= 15 is 0 Å². The number of carbonyl (C=O) groups is 1. The van der Waals surface area contributed by atoms with E-state index in [2.05, 4.69) is 9.97 Å². The first-order valence-electron chi connectivity index (χ1n) is 12.4. The van der Waals surface area contributed by atoms with Gasteiger partial charge < -0.3 is 30.4 Å². The van der Waals surface area contributed by atoms with Crippen molar-refractivity contribution in [1.29, 1.82) is 0 Å². The smallest absolute Gasteiger partial charge is 0.225 e. The fourth-order valence-electron chi connectivity index (χ4n) is 4.60. The number of hydrogen-bond acceptors (Lipinski definition) is 7. The summed E-state index contributed by atoms with van der Waals surface area (Å²) < 4.78 is 0. The lowest BCUT2D eigenvalue weighted by atomic mass is 10.1. The molecule has 40 heavy (non-hydrogen) atoms. The highest BCUT2D eigenvalue weighted by molar-refractivity contribution is 7.98. The maximum absolute atomic E-state index is 13.5. The zero-order valence-corrected chi connectivity index (χ0v) is 22.6. The summed E-state index contributed by atoms with van der Waals surface area (Å²) in [5.74, 6) is 0.420. The highest BCUT2D eigenvalue weighted by Gasteiger charge is 2.20. The summed E-state index contributed by atoms with van der Waals surface area (Å²) in [4.78, 5) is 21.7. The summed E-state index contributed by atoms with van der Waals surface area (Å²) in [7, 11) is 0. The Morgan fingerprint density at radius 1 is 0.550 bits per heavy atom. The summed E-state index contributed by atoms with van der Waals surface area (Å²) in [6, 6.07) is 21.6. The van der Waals surface area contributed by atoms with Gasteiger partial charge in [0.1, 0.15) is 0 Å². The van der Waals surface area contributed by atoms with E-state index in [0.717, 1.165) is 42.5 Å². The van der Waals surface area contributed by atoms with E-state index in [-0.39, 0.29) is 28.8 Å². The molecule has 0 amide bonds. The minimum atomic E-state index is -0.159. The van der Waals surface area contributed by atoms with Crippen molar-refractivity contribution in [3.63, 3.8) is 0 Å². The predicted molar refractivity (Wildman–Crippen MR) is 159 cm³/mol. The van der Waals surface area contributed by atoms with E-state index in [1.165, 1.54) is 24.3 Å². The quantitative estimate of drug-likeness (QED) is 0.0646. The number of aromatic hydroxyl groups is 4. The number of phenols is 4. The van der Waals surface area contributed by atoms with Crippen LogP contribution in [-0.4, -0.2) is 36.2 Å². The van der Waals surface area contributed by atoms with Gasteiger partial charge in [-0.05, 0) is 93.3 Å². The van der Waals surface area contributed by atoms with E-state index in [1.807, 2.05) is 48.5 Å². The molecule has 0 fully saturated rings. The van der Waals surface area contributed by atoms with Crippen LogP contribution in [0.4, 0.5) is 0 Å². The standard InChI is InChI=1S/C31H24N2O5S2/c34-25-11-17-1-3-23(9-21(17)13-27(25)36)39-15-19-5-7-32-29(19)31(38)30-20(6-8-33-30)16-40-24-4-2-18-12-26(35)28(37)14-22(18)10-24/h1-14,32-37H,15-16H2. The minimum Gasteiger partial charge on any atom is -0.504 e. The van der Waals surface area contributed by atoms with Crippen LogP contribution >= 0.6 is 23.5 Å². The molecule has 0 bridgehead atoms. The van der Waals surface area contributed by atoms with Crippen molar-refractivity contribution in [2.75, 3.05) is 0 Å². The van der Waals surface area contributed by atoms with Gasteiger partial charge in [0, 0.05) is 33.7 Å². The molecular formula is C31H24N2O5S2. The van der Waals surface area contributed by atoms with Crippen molar-refractivity contribution >= 4 is 50.9 Å². The van der Waals surface area contributed by atoms with Gasteiger partial charge in [0.05, 0.1) is 11.4 Å². The maximum atomic E-state index is 13.5. The number of carbonyl (C=O) groups excluding carboxylic acids is 1. The molecule has 0 saturated heterocycles. The van der Waals surface area contributed by atoms with Gasteiger partial charge in [0.25, 0.3) is 0 Å². The van der Waals surface area contributed by atoms with Crippen molar-refractivity contribution in [2.24, 2.45) is 0 Å². The minimum absolute atomic E-state index is 0.112. The largest absolute Gasteiger partial charge is 0.504 e. The number of H-pyrrole nitrogens is 2. The number of aromatic amines is 2. The van der Waals surface area contributed by atoms with Crippen molar-refractivity contribution < 1.29 is 25.2 Å². The molecule has 2 aromatic heterocycles. The average molecular weight is 569 g/mol. The van der Waals surface area contributed by atoms with Gasteiger partial charge in [-0.15, -0.1) is 23.5 Å². The molecule has 0 atom stereocenters. The van der Waals surface area contributed by atoms with Crippen molar-refractivity contribution in [3.05, 3.63) is 108 Å². The Balaban J connectivity index is 1.16. The molecule has 0 saturated carbocycles. The number of phenolic OH excluding ortho intramolecular Hbond substituents is 4. The van der Waals surface area contributed by atoms with Gasteiger partial charge in [-0.25, -0.2) is 0 Å². The molecule has 200 valence electrons. The zero-order chi connectivity index (χ0) is 27.8. The first-order chi connectivity index (χ1) is 19.4. The van der Waals surface area contributed by atoms with Gasteiger partial charge in [0.2, 0.25) is 5.78 Å². The third kappa shape index (κ3) is 5.09. The summed E-state index contributed by atoms with van der Waals surface area (Å²) >= 11 is 3.16. The van der Waals surface area contributed by atoms with Crippen LogP contribution in [-0.2, 0) is 11.5 Å². The molecule has 0 aliphatic carbocycles. The second-order valence-electron chi connectivity index (χ2n) is 9.36. The molecule has 9 heteroatoms. The first-order valence-corrected chi connectivity index (χ1v) is 14.4. The number of thioether (sulfide) groups is 2. The summed E-state index contributed by atoms with van der Waals surface area (Å²) in [6.07, 6.45) is 3.54. The van der Waals surface area contributed by atoms with Crippen LogP contribution in [0.5, 0.6) is 23.0 Å². The SMILES string of the molecule is O=C(c1[nH]ccc1CSc1ccc2cc(O)c(O)cc2c1)c1[nH]ccc1CSc1ccc2cc(O)c(O)cc2c1. The third-order valence-corrected chi connectivity index (χ3v) is 8.80. The number of rotatable bonds is 8. The van der Waals surface area contributed by atoms with E-state index < -0.39 is 0 Å². The summed E-state index contributed by atoms with van der Waals surface area (Å²) in [5.41, 5.74) is 2.83. The Hall–Kier alpha value is -4.47. The zero-order valence-electron chi connectivity index (χ0n) is 21.0. The molecule has 2 heterocycles. The molecule has 6 N–H and O–H groups in total. The molecule has 6 aromatic rings. The van der Waals surface area contributed by atoms with Crippen LogP contribution in [0.2, 0.25) is 0 Å². The molecular weight excluding hydrogens is 544 g/mol. The van der Waals surface area contributed by atoms with E-state index in [1.54, 1.807) is 35.9 Å². The molecule has 6 rings (SSSR count). The van der Waals surface area contributed by atoms with Crippen molar-refractivity contribution in [2.45, 2.75) is 21.3 Å². The van der Waals surface area contributed by atoms with Crippen LogP contribution in [0.25, 0.3) is 21.5 Å². The number of hydrogen-bond donors (Lipinski definition) is 6. The third-order valence-electron chi connectivity index (χ3n) is 6.72. The predicted octanol–water partition coefficient (Wildman–Crippen LogP) is 7.29. The lowest BCUT2D eigenvalue weighted by molar-refractivity contribution is 0.102. The van der Waals surface area contributed by atoms with Gasteiger partial charge in [-0.2, -0.15) is 0 Å². The lowest BCUT2D eigenvalue weighted by Gasteiger charge is -2.08. The Kier molecular flexibility index (Phi) is 6.83. The highest BCUT2D eigenvalue weighted by Crippen LogP contribution is 2.35. The molecule has 7 nitrogen and oxygen atoms in total. The Morgan fingerprint density at radius 2 is 0.950 bits per heavy atom. The van der Waals surface area contributed by atoms with Crippen LogP contribution in [0.15, 0.2) is 95.0 Å². The first kappa shape index (κ1) is 25.8. The number of benzene rings is 4. The monoisotopic (exact) mass is 568 g/mol. The molecule has 0 aliphatic heterocycles. The molecule has 0 unspecified atom stereocenters. The van der Waals surface area contributed by atoms with Crippen LogP contribution in [0, 0.1) is 0 Å². The Morgan fingerprint density at radius 3 is 1.38 bits per heavy atom. The normalized spacial score (nSPS) is 11.4. The second-order valence-corrected chi connectivity index (χ2v) is 11.5. The molecule has 0 spiro atoms. The highest BCUT2D eigenvalue weighted by atomic mass is 32.2. The van der Waals surface area contributed by atoms with Crippen LogP contribution in [0.3, 0.4) is 0 Å². The second kappa shape index (κ2) is 10.6. The Bertz CT molecular complexity index is 1760. The average Bonchev–Trinajstić information content (AvgIpc) is 3.61. The number of ketones is 1. The molecule has 0 aliphatic rings. The number of aromatic nitrogens is 2. The van der Waals surface area contributed by atoms with Crippen molar-refractivity contribution in [3.8, 4) is 23.0 Å². The van der Waals surface area contributed by atoms with E-state index in [4.69, 9.17) is 0 Å². The van der Waals surface area contributed by atoms with Gasteiger partial charge in [-0.3, -0.25) is 4.79 Å². The molecule has 0 radical (unpaired) electrons. The Labute approximate surface area is 237 Å².